The van der Waals surface area contributed by atoms with Crippen LogP contribution in [-0.4, -0.2) is 34.0 Å². The molecule has 0 radical (unpaired) electrons. The van der Waals surface area contributed by atoms with Crippen molar-refractivity contribution in [1.82, 2.24) is 9.55 Å². The molecule has 0 N–H and O–H groups in total. The Morgan fingerprint density at radius 2 is 2.42 bits per heavy atom. The number of nitrogens with zero attached hydrogens (tertiary/aromatic N) is 2. The smallest absolute Gasteiger partial charge is 0.121 e. The third-order valence-corrected chi connectivity index (χ3v) is 4.89. The zero-order valence-corrected chi connectivity index (χ0v) is 12.5. The Morgan fingerprint density at radius 1 is 1.53 bits per heavy atom. The number of hydrogen-bond acceptors (Lipinski definition) is 3. The fourth-order valence-electron chi connectivity index (χ4n) is 2.64. The van der Waals surface area contributed by atoms with Crippen molar-refractivity contribution in [3.05, 3.63) is 24.0 Å². The van der Waals surface area contributed by atoms with E-state index in [9.17, 15) is 0 Å². The highest BCUT2D eigenvalue weighted by atomic mass is 35.5. The van der Waals surface area contributed by atoms with E-state index >= 15 is 0 Å². The highest BCUT2D eigenvalue weighted by molar-refractivity contribution is 7.99. The minimum Gasteiger partial charge on any atom is -0.497 e. The lowest BCUT2D eigenvalue weighted by Crippen LogP contribution is -2.12. The van der Waals surface area contributed by atoms with Crippen molar-refractivity contribution in [3.8, 4) is 5.75 Å². The SMILES string of the molecule is COc1ccc2nc(CCCl)n(C3CCSC3)c2c1. The van der Waals surface area contributed by atoms with Crippen LogP contribution in [0.5, 0.6) is 5.75 Å². The number of aryl methyl sites for hydroxylation is 1. The van der Waals surface area contributed by atoms with E-state index in [0.717, 1.165) is 29.3 Å². The number of rotatable bonds is 4. The quantitative estimate of drug-likeness (QED) is 0.808. The standard InChI is InChI=1S/C14H17ClN2OS/c1-18-11-2-3-12-13(8-11)17(10-5-7-19-9-10)14(16-12)4-6-15/h2-3,8,10H,4-7,9H2,1H3. The van der Waals surface area contributed by atoms with Crippen LogP contribution in [0, 0.1) is 0 Å². The maximum absolute atomic E-state index is 5.92. The first kappa shape index (κ1) is 13.1. The number of methoxy groups -OCH3 is 1. The normalized spacial score (nSPS) is 19.2. The van der Waals surface area contributed by atoms with Crippen LogP contribution < -0.4 is 4.74 Å². The molecule has 2 aromatic rings. The molecule has 102 valence electrons. The molecule has 0 aliphatic carbocycles. The topological polar surface area (TPSA) is 27.1 Å². The molecule has 0 saturated carbocycles. The molecule has 1 unspecified atom stereocenters. The zero-order chi connectivity index (χ0) is 13.2. The highest BCUT2D eigenvalue weighted by Crippen LogP contribution is 2.33. The van der Waals surface area contributed by atoms with E-state index in [1.54, 1.807) is 7.11 Å². The van der Waals surface area contributed by atoms with Gasteiger partial charge in [-0.2, -0.15) is 11.8 Å². The summed E-state index contributed by atoms with van der Waals surface area (Å²) in [4.78, 5) is 4.74. The average molecular weight is 297 g/mol. The number of fused-ring (bicyclic) bond motifs is 1. The van der Waals surface area contributed by atoms with Crippen LogP contribution in [0.15, 0.2) is 18.2 Å². The van der Waals surface area contributed by atoms with Gasteiger partial charge in [-0.3, -0.25) is 0 Å². The van der Waals surface area contributed by atoms with E-state index in [2.05, 4.69) is 10.6 Å². The molecule has 1 saturated heterocycles. The molecular weight excluding hydrogens is 280 g/mol. The van der Waals surface area contributed by atoms with E-state index < -0.39 is 0 Å². The van der Waals surface area contributed by atoms with Crippen molar-refractivity contribution < 1.29 is 4.74 Å². The molecule has 1 aliphatic heterocycles. The summed E-state index contributed by atoms with van der Waals surface area (Å²) in [7, 11) is 1.70. The molecule has 19 heavy (non-hydrogen) atoms. The number of halogens is 1. The number of imidazole rings is 1. The zero-order valence-electron chi connectivity index (χ0n) is 10.9. The van der Waals surface area contributed by atoms with Crippen LogP contribution in [-0.2, 0) is 6.42 Å². The number of benzene rings is 1. The summed E-state index contributed by atoms with van der Waals surface area (Å²) in [5, 5.41) is 0. The third-order valence-electron chi connectivity index (χ3n) is 3.56. The second-order valence-corrected chi connectivity index (χ2v) is 6.24. The largest absolute Gasteiger partial charge is 0.497 e. The summed E-state index contributed by atoms with van der Waals surface area (Å²) >= 11 is 7.93. The molecule has 0 spiro atoms. The Kier molecular flexibility index (Phi) is 3.89. The molecule has 2 heterocycles. The summed E-state index contributed by atoms with van der Waals surface area (Å²) in [6, 6.07) is 6.63. The van der Waals surface area contributed by atoms with Crippen molar-refractivity contribution in [2.24, 2.45) is 0 Å². The van der Waals surface area contributed by atoms with Gasteiger partial charge in [0.25, 0.3) is 0 Å². The molecule has 5 heteroatoms. The van der Waals surface area contributed by atoms with Crippen LogP contribution >= 0.6 is 23.4 Å². The van der Waals surface area contributed by atoms with Crippen molar-refractivity contribution in [3.63, 3.8) is 0 Å². The van der Waals surface area contributed by atoms with Crippen LogP contribution in [0.3, 0.4) is 0 Å². The lowest BCUT2D eigenvalue weighted by atomic mass is 10.2. The van der Waals surface area contributed by atoms with Gasteiger partial charge in [-0.1, -0.05) is 0 Å². The lowest BCUT2D eigenvalue weighted by Gasteiger charge is -2.15. The average Bonchev–Trinajstić information content (AvgIpc) is 3.04. The first-order chi connectivity index (χ1) is 9.33. The molecule has 1 aromatic heterocycles. The first-order valence-electron chi connectivity index (χ1n) is 6.52. The van der Waals surface area contributed by atoms with Gasteiger partial charge >= 0.3 is 0 Å². The summed E-state index contributed by atoms with van der Waals surface area (Å²) in [6.45, 7) is 0. The number of hydrogen-bond donors (Lipinski definition) is 0. The minimum atomic E-state index is 0.542. The Bertz CT molecular complexity index is 578. The second kappa shape index (κ2) is 5.63. The number of aromatic nitrogens is 2. The predicted molar refractivity (Wildman–Crippen MR) is 81.7 cm³/mol. The van der Waals surface area contributed by atoms with Crippen molar-refractivity contribution >= 4 is 34.4 Å². The van der Waals surface area contributed by atoms with Gasteiger partial charge < -0.3 is 9.30 Å². The van der Waals surface area contributed by atoms with Gasteiger partial charge in [0.2, 0.25) is 0 Å². The maximum Gasteiger partial charge on any atom is 0.121 e. The molecule has 1 atom stereocenters. The summed E-state index contributed by atoms with van der Waals surface area (Å²) in [6.07, 6.45) is 2.03. The molecule has 3 rings (SSSR count). The van der Waals surface area contributed by atoms with Crippen LogP contribution in [0.2, 0.25) is 0 Å². The fourth-order valence-corrected chi connectivity index (χ4v) is 4.01. The summed E-state index contributed by atoms with van der Waals surface area (Å²) < 4.78 is 7.71. The molecule has 1 aromatic carbocycles. The number of alkyl halides is 1. The second-order valence-electron chi connectivity index (χ2n) is 4.71. The van der Waals surface area contributed by atoms with Gasteiger partial charge in [0.1, 0.15) is 11.6 Å². The third kappa shape index (κ3) is 2.43. The van der Waals surface area contributed by atoms with Crippen LogP contribution in [0.1, 0.15) is 18.3 Å². The lowest BCUT2D eigenvalue weighted by molar-refractivity contribution is 0.415. The Hall–Kier alpha value is -0.870. The van der Waals surface area contributed by atoms with E-state index in [1.807, 2.05) is 23.9 Å². The summed E-state index contributed by atoms with van der Waals surface area (Å²) in [5.41, 5.74) is 2.21. The molecular formula is C14H17ClN2OS. The van der Waals surface area contributed by atoms with E-state index in [-0.39, 0.29) is 0 Å². The van der Waals surface area contributed by atoms with Gasteiger partial charge in [-0.25, -0.2) is 4.98 Å². The Balaban J connectivity index is 2.14. The van der Waals surface area contributed by atoms with Gasteiger partial charge in [-0.15, -0.1) is 11.6 Å². The Morgan fingerprint density at radius 3 is 3.11 bits per heavy atom. The number of thioether (sulfide) groups is 1. The molecule has 1 fully saturated rings. The Labute approximate surface area is 122 Å². The number of ether oxygens (including phenoxy) is 1. The van der Waals surface area contributed by atoms with Gasteiger partial charge in [0, 0.05) is 30.2 Å². The molecule has 0 amide bonds. The molecule has 0 bridgehead atoms. The minimum absolute atomic E-state index is 0.542. The monoisotopic (exact) mass is 296 g/mol. The van der Waals surface area contributed by atoms with Crippen LogP contribution in [0.25, 0.3) is 11.0 Å². The van der Waals surface area contributed by atoms with E-state index in [0.29, 0.717) is 11.9 Å². The first-order valence-corrected chi connectivity index (χ1v) is 8.21. The van der Waals surface area contributed by atoms with Gasteiger partial charge in [-0.05, 0) is 24.3 Å². The van der Waals surface area contributed by atoms with Crippen molar-refractivity contribution in [2.75, 3.05) is 24.5 Å². The van der Waals surface area contributed by atoms with E-state index in [1.165, 1.54) is 17.7 Å². The molecule has 3 nitrogen and oxygen atoms in total. The fraction of sp³-hybridized carbons (Fsp3) is 0.500. The highest BCUT2D eigenvalue weighted by Gasteiger charge is 2.22. The van der Waals surface area contributed by atoms with Gasteiger partial charge in [0.15, 0.2) is 0 Å². The van der Waals surface area contributed by atoms with Crippen molar-refractivity contribution in [1.29, 1.82) is 0 Å². The van der Waals surface area contributed by atoms with Gasteiger partial charge in [0.05, 0.1) is 18.1 Å². The van der Waals surface area contributed by atoms with Crippen LogP contribution in [0.4, 0.5) is 0 Å². The van der Waals surface area contributed by atoms with E-state index in [4.69, 9.17) is 21.3 Å². The maximum atomic E-state index is 5.92. The predicted octanol–water partition coefficient (Wildman–Crippen LogP) is 3.50. The summed E-state index contributed by atoms with van der Waals surface area (Å²) in [5.74, 6) is 5.00. The molecule has 1 aliphatic rings. The van der Waals surface area contributed by atoms with Crippen molar-refractivity contribution in [2.45, 2.75) is 18.9 Å².